The van der Waals surface area contributed by atoms with Gasteiger partial charge < -0.3 is 5.32 Å². The van der Waals surface area contributed by atoms with Crippen LogP contribution in [-0.4, -0.2) is 4.98 Å². The van der Waals surface area contributed by atoms with Crippen molar-refractivity contribution in [2.45, 2.75) is 19.9 Å². The van der Waals surface area contributed by atoms with Gasteiger partial charge in [-0.05, 0) is 37.6 Å². The van der Waals surface area contributed by atoms with E-state index in [1.807, 2.05) is 26.0 Å². The van der Waals surface area contributed by atoms with Crippen LogP contribution in [0.15, 0.2) is 41.1 Å². The van der Waals surface area contributed by atoms with Crippen LogP contribution in [0.4, 0.5) is 10.1 Å². The van der Waals surface area contributed by atoms with Crippen LogP contribution in [0.1, 0.15) is 24.1 Å². The third kappa shape index (κ3) is 2.88. The molecule has 0 aliphatic rings. The molecular formula is C14H14BrFN2. The fourth-order valence-corrected chi connectivity index (χ4v) is 2.11. The Morgan fingerprint density at radius 3 is 2.78 bits per heavy atom. The second-order valence-corrected chi connectivity index (χ2v) is 5.14. The van der Waals surface area contributed by atoms with Crippen LogP contribution in [-0.2, 0) is 0 Å². The summed E-state index contributed by atoms with van der Waals surface area (Å²) in [6.07, 6.45) is 3.49. The highest BCUT2D eigenvalue weighted by molar-refractivity contribution is 9.10. The molecule has 0 aliphatic heterocycles. The van der Waals surface area contributed by atoms with Gasteiger partial charge in [-0.15, -0.1) is 0 Å². The van der Waals surface area contributed by atoms with E-state index >= 15 is 0 Å². The lowest BCUT2D eigenvalue weighted by Gasteiger charge is -2.17. The van der Waals surface area contributed by atoms with Crippen LogP contribution in [0.2, 0.25) is 0 Å². The topological polar surface area (TPSA) is 24.9 Å². The molecule has 0 fully saturated rings. The zero-order chi connectivity index (χ0) is 13.1. The van der Waals surface area contributed by atoms with Gasteiger partial charge >= 0.3 is 0 Å². The van der Waals surface area contributed by atoms with E-state index in [0.717, 1.165) is 15.7 Å². The van der Waals surface area contributed by atoms with Crippen molar-refractivity contribution in [3.8, 4) is 0 Å². The van der Waals surface area contributed by atoms with E-state index in [1.165, 1.54) is 6.07 Å². The maximum Gasteiger partial charge on any atom is 0.129 e. The maximum atomic E-state index is 13.8. The Bertz CT molecular complexity index is 557. The summed E-state index contributed by atoms with van der Waals surface area (Å²) in [5.74, 6) is -0.217. The summed E-state index contributed by atoms with van der Waals surface area (Å²) in [4.78, 5) is 4.07. The number of nitrogens with zero attached hydrogens (tertiary/aromatic N) is 1. The van der Waals surface area contributed by atoms with Crippen molar-refractivity contribution in [1.29, 1.82) is 0 Å². The number of halogens is 2. The zero-order valence-electron chi connectivity index (χ0n) is 10.2. The Labute approximate surface area is 114 Å². The van der Waals surface area contributed by atoms with Crippen LogP contribution in [0.25, 0.3) is 0 Å². The molecule has 0 saturated carbocycles. The highest BCUT2D eigenvalue weighted by Crippen LogP contribution is 2.25. The van der Waals surface area contributed by atoms with E-state index in [1.54, 1.807) is 18.5 Å². The van der Waals surface area contributed by atoms with E-state index in [9.17, 15) is 4.39 Å². The summed E-state index contributed by atoms with van der Waals surface area (Å²) < 4.78 is 14.6. The van der Waals surface area contributed by atoms with Gasteiger partial charge in [0.25, 0.3) is 0 Å². The number of aryl methyl sites for hydroxylation is 1. The molecule has 0 radical (unpaired) electrons. The van der Waals surface area contributed by atoms with Gasteiger partial charge in [0.2, 0.25) is 0 Å². The van der Waals surface area contributed by atoms with Crippen LogP contribution >= 0.6 is 15.9 Å². The summed E-state index contributed by atoms with van der Waals surface area (Å²) in [5, 5.41) is 3.27. The Morgan fingerprint density at radius 1 is 1.33 bits per heavy atom. The molecule has 18 heavy (non-hydrogen) atoms. The molecule has 0 bridgehead atoms. The molecule has 1 N–H and O–H groups in total. The highest BCUT2D eigenvalue weighted by atomic mass is 79.9. The molecule has 0 saturated heterocycles. The molecular weight excluding hydrogens is 295 g/mol. The fourth-order valence-electron chi connectivity index (χ4n) is 1.78. The number of hydrogen-bond donors (Lipinski definition) is 1. The average molecular weight is 309 g/mol. The molecule has 0 spiro atoms. The number of rotatable bonds is 3. The lowest BCUT2D eigenvalue weighted by molar-refractivity contribution is 0.599. The highest BCUT2D eigenvalue weighted by Gasteiger charge is 2.11. The minimum Gasteiger partial charge on any atom is -0.377 e. The number of pyridine rings is 1. The van der Waals surface area contributed by atoms with Crippen molar-refractivity contribution in [1.82, 2.24) is 4.98 Å². The second kappa shape index (κ2) is 5.48. The Morgan fingerprint density at radius 2 is 2.11 bits per heavy atom. The predicted octanol–water partition coefficient (Wildman–Crippen LogP) is 4.46. The lowest BCUT2D eigenvalue weighted by Crippen LogP contribution is -2.09. The van der Waals surface area contributed by atoms with Crippen LogP contribution < -0.4 is 5.32 Å². The smallest absolute Gasteiger partial charge is 0.129 e. The molecule has 1 unspecified atom stereocenters. The molecule has 0 amide bonds. The minimum absolute atomic E-state index is 0.110. The average Bonchev–Trinajstić information content (AvgIpc) is 2.32. The SMILES string of the molecule is Cc1ccncc1NC(C)c1ccc(Br)cc1F. The molecule has 0 aliphatic carbocycles. The number of benzene rings is 1. The van der Waals surface area contributed by atoms with Crippen molar-refractivity contribution < 1.29 is 4.39 Å². The van der Waals surface area contributed by atoms with Crippen LogP contribution in [0.5, 0.6) is 0 Å². The second-order valence-electron chi connectivity index (χ2n) is 4.22. The fraction of sp³-hybridized carbons (Fsp3) is 0.214. The standard InChI is InChI=1S/C14H14BrFN2/c1-9-5-6-17-8-14(9)18-10(2)12-4-3-11(15)7-13(12)16/h3-8,10,18H,1-2H3. The van der Waals surface area contributed by atoms with Crippen molar-refractivity contribution in [3.05, 3.63) is 58.1 Å². The monoisotopic (exact) mass is 308 g/mol. The molecule has 94 valence electrons. The Hall–Kier alpha value is -1.42. The Balaban J connectivity index is 2.22. The predicted molar refractivity (Wildman–Crippen MR) is 75.1 cm³/mol. The molecule has 4 heteroatoms. The van der Waals surface area contributed by atoms with Gasteiger partial charge in [0, 0.05) is 16.2 Å². The first-order valence-electron chi connectivity index (χ1n) is 5.70. The van der Waals surface area contributed by atoms with Crippen LogP contribution in [0, 0.1) is 12.7 Å². The summed E-state index contributed by atoms with van der Waals surface area (Å²) in [6, 6.07) is 6.91. The zero-order valence-corrected chi connectivity index (χ0v) is 11.8. The van der Waals surface area contributed by atoms with Gasteiger partial charge in [-0.25, -0.2) is 4.39 Å². The van der Waals surface area contributed by atoms with Gasteiger partial charge in [0.05, 0.1) is 17.9 Å². The Kier molecular flexibility index (Phi) is 3.97. The largest absolute Gasteiger partial charge is 0.377 e. The van der Waals surface area contributed by atoms with Gasteiger partial charge in [-0.3, -0.25) is 4.98 Å². The summed E-state index contributed by atoms with van der Waals surface area (Å²) in [7, 11) is 0. The lowest BCUT2D eigenvalue weighted by atomic mass is 10.1. The third-order valence-electron chi connectivity index (χ3n) is 2.84. The number of aromatic nitrogens is 1. The first-order valence-corrected chi connectivity index (χ1v) is 6.49. The molecule has 1 aromatic carbocycles. The first-order chi connectivity index (χ1) is 8.58. The van der Waals surface area contributed by atoms with Gasteiger partial charge in [-0.2, -0.15) is 0 Å². The quantitative estimate of drug-likeness (QED) is 0.905. The van der Waals surface area contributed by atoms with Crippen LogP contribution in [0.3, 0.4) is 0 Å². The molecule has 1 heterocycles. The van der Waals surface area contributed by atoms with Crippen molar-refractivity contribution in [2.24, 2.45) is 0 Å². The van der Waals surface area contributed by atoms with E-state index in [0.29, 0.717) is 5.56 Å². The number of anilines is 1. The van der Waals surface area contributed by atoms with Crippen molar-refractivity contribution >= 4 is 21.6 Å². The van der Waals surface area contributed by atoms with Gasteiger partial charge in [0.1, 0.15) is 5.82 Å². The summed E-state index contributed by atoms with van der Waals surface area (Å²) in [6.45, 7) is 3.92. The van der Waals surface area contributed by atoms with Gasteiger partial charge in [0.15, 0.2) is 0 Å². The van der Waals surface area contributed by atoms with E-state index in [4.69, 9.17) is 0 Å². The van der Waals surface area contributed by atoms with E-state index < -0.39 is 0 Å². The maximum absolute atomic E-state index is 13.8. The summed E-state index contributed by atoms with van der Waals surface area (Å²) in [5.41, 5.74) is 2.66. The first kappa shape index (κ1) is 13.0. The number of nitrogens with one attached hydrogen (secondary N) is 1. The molecule has 1 aromatic heterocycles. The van der Waals surface area contributed by atoms with Crippen molar-refractivity contribution in [3.63, 3.8) is 0 Å². The van der Waals surface area contributed by atoms with E-state index in [-0.39, 0.29) is 11.9 Å². The summed E-state index contributed by atoms with van der Waals surface area (Å²) >= 11 is 3.25. The molecule has 2 aromatic rings. The molecule has 2 rings (SSSR count). The van der Waals surface area contributed by atoms with E-state index in [2.05, 4.69) is 26.2 Å². The molecule has 2 nitrogen and oxygen atoms in total. The minimum atomic E-state index is -0.217. The number of hydrogen-bond acceptors (Lipinski definition) is 2. The van der Waals surface area contributed by atoms with Crippen molar-refractivity contribution in [2.75, 3.05) is 5.32 Å². The normalized spacial score (nSPS) is 12.2. The van der Waals surface area contributed by atoms with Gasteiger partial charge in [-0.1, -0.05) is 22.0 Å². The third-order valence-corrected chi connectivity index (χ3v) is 3.33. The molecule has 1 atom stereocenters.